The van der Waals surface area contributed by atoms with Gasteiger partial charge in [-0.15, -0.1) is 0 Å². The lowest BCUT2D eigenvalue weighted by Gasteiger charge is -2.28. The average molecular weight is 396 g/mol. The van der Waals surface area contributed by atoms with Crippen LogP contribution in [0, 0.1) is 0 Å². The summed E-state index contributed by atoms with van der Waals surface area (Å²) in [6.07, 6.45) is 4.32. The molecule has 1 N–H and O–H groups in total. The van der Waals surface area contributed by atoms with Crippen LogP contribution in [0.15, 0.2) is 36.0 Å². The van der Waals surface area contributed by atoms with E-state index in [0.29, 0.717) is 29.6 Å². The maximum absolute atomic E-state index is 6.37. The fraction of sp³-hybridized carbons (Fsp3) is 0.250. The number of morpholine rings is 1. The van der Waals surface area contributed by atoms with Crippen LogP contribution in [0.1, 0.15) is 12.0 Å². The monoisotopic (exact) mass is 395 g/mol. The SMILES string of the molecule is C=C1CC=Nc2ccc(Oc3nc(N4CCOCC4)c4c(Cl)c[nH]c4n3)cc21. The van der Waals surface area contributed by atoms with Crippen molar-refractivity contribution in [2.45, 2.75) is 6.42 Å². The molecule has 7 nitrogen and oxygen atoms in total. The fourth-order valence-electron chi connectivity index (χ4n) is 3.45. The van der Waals surface area contributed by atoms with Gasteiger partial charge < -0.3 is 19.4 Å². The maximum Gasteiger partial charge on any atom is 0.325 e. The highest BCUT2D eigenvalue weighted by molar-refractivity contribution is 6.36. The van der Waals surface area contributed by atoms with Crippen molar-refractivity contribution in [3.05, 3.63) is 41.6 Å². The number of anilines is 1. The van der Waals surface area contributed by atoms with E-state index in [2.05, 4.69) is 31.4 Å². The average Bonchev–Trinajstić information content (AvgIpc) is 3.09. The molecule has 2 aliphatic heterocycles. The minimum atomic E-state index is 0.261. The summed E-state index contributed by atoms with van der Waals surface area (Å²) in [5.74, 6) is 1.39. The van der Waals surface area contributed by atoms with Crippen LogP contribution >= 0.6 is 11.6 Å². The molecule has 8 heteroatoms. The van der Waals surface area contributed by atoms with E-state index in [4.69, 9.17) is 21.1 Å². The molecule has 4 heterocycles. The van der Waals surface area contributed by atoms with E-state index < -0.39 is 0 Å². The summed E-state index contributed by atoms with van der Waals surface area (Å²) < 4.78 is 11.5. The van der Waals surface area contributed by atoms with Gasteiger partial charge in [0.15, 0.2) is 0 Å². The Hall–Kier alpha value is -2.90. The molecule has 0 spiro atoms. The second-order valence-corrected chi connectivity index (χ2v) is 7.10. The van der Waals surface area contributed by atoms with E-state index in [1.807, 2.05) is 24.4 Å². The van der Waals surface area contributed by atoms with Crippen molar-refractivity contribution in [2.24, 2.45) is 4.99 Å². The number of hydrogen-bond donors (Lipinski definition) is 1. The summed E-state index contributed by atoms with van der Waals surface area (Å²) in [6, 6.07) is 5.96. The zero-order valence-electron chi connectivity index (χ0n) is 15.1. The molecule has 0 bridgehead atoms. The van der Waals surface area contributed by atoms with E-state index in [9.17, 15) is 0 Å². The van der Waals surface area contributed by atoms with Crippen molar-refractivity contribution < 1.29 is 9.47 Å². The predicted octanol–water partition coefficient (Wildman–Crippen LogP) is 4.36. The number of benzene rings is 1. The number of nitrogens with zero attached hydrogens (tertiary/aromatic N) is 4. The van der Waals surface area contributed by atoms with Gasteiger partial charge in [0.2, 0.25) is 0 Å². The van der Waals surface area contributed by atoms with Gasteiger partial charge in [0.25, 0.3) is 0 Å². The molecule has 0 unspecified atom stereocenters. The first-order chi connectivity index (χ1) is 13.7. The van der Waals surface area contributed by atoms with Gasteiger partial charge in [-0.3, -0.25) is 4.99 Å². The van der Waals surface area contributed by atoms with Crippen molar-refractivity contribution in [2.75, 3.05) is 31.2 Å². The molecule has 0 aliphatic carbocycles. The zero-order valence-corrected chi connectivity index (χ0v) is 15.9. The molecular weight excluding hydrogens is 378 g/mol. The van der Waals surface area contributed by atoms with Crippen LogP contribution in [0.4, 0.5) is 11.5 Å². The number of H-pyrrole nitrogens is 1. The van der Waals surface area contributed by atoms with Crippen molar-refractivity contribution in [1.29, 1.82) is 0 Å². The molecule has 5 rings (SSSR count). The number of fused-ring (bicyclic) bond motifs is 2. The summed E-state index contributed by atoms with van der Waals surface area (Å²) in [6.45, 7) is 6.89. The van der Waals surface area contributed by atoms with E-state index in [1.54, 1.807) is 6.20 Å². The largest absolute Gasteiger partial charge is 0.424 e. The lowest BCUT2D eigenvalue weighted by atomic mass is 10.0. The fourth-order valence-corrected chi connectivity index (χ4v) is 3.68. The predicted molar refractivity (Wildman–Crippen MR) is 110 cm³/mol. The van der Waals surface area contributed by atoms with E-state index in [1.165, 1.54) is 0 Å². The molecule has 1 aromatic carbocycles. The van der Waals surface area contributed by atoms with Crippen LogP contribution in [0.25, 0.3) is 16.6 Å². The molecule has 142 valence electrons. The van der Waals surface area contributed by atoms with Crippen molar-refractivity contribution in [3.63, 3.8) is 0 Å². The standard InChI is InChI=1S/C20H18ClN5O2/c1-12-4-5-22-16-3-2-13(10-14(12)16)28-20-24-18-17(15(21)11-23-18)19(25-20)26-6-8-27-9-7-26/h2-3,5,10-11H,1,4,6-9H2,(H,23,24,25). The summed E-state index contributed by atoms with van der Waals surface area (Å²) in [4.78, 5) is 18.8. The highest BCUT2D eigenvalue weighted by atomic mass is 35.5. The van der Waals surface area contributed by atoms with Crippen molar-refractivity contribution in [1.82, 2.24) is 15.0 Å². The number of rotatable bonds is 3. The number of aromatic nitrogens is 3. The van der Waals surface area contributed by atoms with Crippen molar-refractivity contribution in [3.8, 4) is 11.8 Å². The molecule has 2 aromatic heterocycles. The number of allylic oxidation sites excluding steroid dienone is 1. The van der Waals surface area contributed by atoms with Gasteiger partial charge in [0.05, 0.1) is 29.3 Å². The van der Waals surface area contributed by atoms with Gasteiger partial charge in [0, 0.05) is 37.5 Å². The third-order valence-corrected chi connectivity index (χ3v) is 5.18. The molecule has 1 saturated heterocycles. The Kier molecular flexibility index (Phi) is 4.26. The molecular formula is C20H18ClN5O2. The summed E-state index contributed by atoms with van der Waals surface area (Å²) in [5.41, 5.74) is 3.53. The number of aromatic amines is 1. The summed E-state index contributed by atoms with van der Waals surface area (Å²) >= 11 is 6.37. The Morgan fingerprint density at radius 2 is 2.07 bits per heavy atom. The molecule has 0 saturated carbocycles. The number of nitrogens with one attached hydrogen (secondary N) is 1. The van der Waals surface area contributed by atoms with Crippen LogP contribution < -0.4 is 9.64 Å². The Morgan fingerprint density at radius 1 is 1.21 bits per heavy atom. The quantitative estimate of drug-likeness (QED) is 0.713. The van der Waals surface area contributed by atoms with Gasteiger partial charge >= 0.3 is 6.01 Å². The number of hydrogen-bond acceptors (Lipinski definition) is 6. The van der Waals surface area contributed by atoms with Gasteiger partial charge in [-0.2, -0.15) is 9.97 Å². The minimum absolute atomic E-state index is 0.261. The normalized spacial score (nSPS) is 16.5. The Labute approximate surface area is 166 Å². The number of aliphatic imine (C=N–C) groups is 1. The van der Waals surface area contributed by atoms with Gasteiger partial charge in [-0.05, 0) is 23.8 Å². The zero-order chi connectivity index (χ0) is 19.1. The first kappa shape index (κ1) is 17.2. The van der Waals surface area contributed by atoms with E-state index in [-0.39, 0.29) is 6.01 Å². The van der Waals surface area contributed by atoms with Crippen molar-refractivity contribution >= 4 is 45.9 Å². The highest BCUT2D eigenvalue weighted by Gasteiger charge is 2.21. The van der Waals surface area contributed by atoms with Crippen LogP contribution in [-0.4, -0.2) is 47.5 Å². The lowest BCUT2D eigenvalue weighted by Crippen LogP contribution is -2.37. The molecule has 1 fully saturated rings. The van der Waals surface area contributed by atoms with E-state index >= 15 is 0 Å². The summed E-state index contributed by atoms with van der Waals surface area (Å²) in [7, 11) is 0. The Balaban J connectivity index is 1.54. The number of halogens is 1. The molecule has 2 aliphatic rings. The second kappa shape index (κ2) is 6.92. The Morgan fingerprint density at radius 3 is 2.93 bits per heavy atom. The smallest absolute Gasteiger partial charge is 0.325 e. The van der Waals surface area contributed by atoms with E-state index in [0.717, 1.165) is 47.5 Å². The van der Waals surface area contributed by atoms with Gasteiger partial charge in [0.1, 0.15) is 17.2 Å². The molecule has 0 radical (unpaired) electrons. The molecule has 28 heavy (non-hydrogen) atoms. The minimum Gasteiger partial charge on any atom is -0.424 e. The summed E-state index contributed by atoms with van der Waals surface area (Å²) in [5, 5.41) is 1.38. The van der Waals surface area contributed by atoms with Crippen LogP contribution in [0.5, 0.6) is 11.8 Å². The molecule has 3 aromatic rings. The Bertz CT molecular complexity index is 1100. The molecule has 0 amide bonds. The molecule has 0 atom stereocenters. The highest BCUT2D eigenvalue weighted by Crippen LogP contribution is 2.36. The first-order valence-electron chi connectivity index (χ1n) is 9.09. The van der Waals surface area contributed by atoms with Gasteiger partial charge in [-0.25, -0.2) is 0 Å². The van der Waals surface area contributed by atoms with Crippen LogP contribution in [-0.2, 0) is 4.74 Å². The lowest BCUT2D eigenvalue weighted by molar-refractivity contribution is 0.122. The second-order valence-electron chi connectivity index (χ2n) is 6.69. The maximum atomic E-state index is 6.37. The van der Waals surface area contributed by atoms with Crippen LogP contribution in [0.3, 0.4) is 0 Å². The first-order valence-corrected chi connectivity index (χ1v) is 9.47. The van der Waals surface area contributed by atoms with Gasteiger partial charge in [-0.1, -0.05) is 18.2 Å². The van der Waals surface area contributed by atoms with Crippen LogP contribution in [0.2, 0.25) is 5.02 Å². The topological polar surface area (TPSA) is 75.6 Å². The third-order valence-electron chi connectivity index (χ3n) is 4.88. The third kappa shape index (κ3) is 3.02. The number of ether oxygens (including phenoxy) is 2.